The van der Waals surface area contributed by atoms with Gasteiger partial charge in [-0.05, 0) is 32.4 Å². The van der Waals surface area contributed by atoms with Crippen LogP contribution in [0, 0.1) is 0 Å². The van der Waals surface area contributed by atoms with Gasteiger partial charge in [0.05, 0.1) is 12.2 Å². The van der Waals surface area contributed by atoms with Crippen molar-refractivity contribution in [2.24, 2.45) is 0 Å². The lowest BCUT2D eigenvalue weighted by Gasteiger charge is -2.36. The molecule has 0 aromatic heterocycles. The zero-order valence-corrected chi connectivity index (χ0v) is 12.4. The Labute approximate surface area is 120 Å². The van der Waals surface area contributed by atoms with Crippen LogP contribution in [0.15, 0.2) is 30.3 Å². The topological polar surface area (TPSA) is 38.8 Å². The Morgan fingerprint density at radius 1 is 1.30 bits per heavy atom. The lowest BCUT2D eigenvalue weighted by atomic mass is 10.1. The van der Waals surface area contributed by atoms with Crippen LogP contribution in [0.2, 0.25) is 0 Å². The lowest BCUT2D eigenvalue weighted by molar-refractivity contribution is -0.150. The Bertz CT molecular complexity index is 425. The summed E-state index contributed by atoms with van der Waals surface area (Å²) in [7, 11) is 0. The Balaban J connectivity index is 2.01. The second-order valence-electron chi connectivity index (χ2n) is 5.33. The van der Waals surface area contributed by atoms with Crippen molar-refractivity contribution in [3.63, 3.8) is 0 Å². The van der Waals surface area contributed by atoms with E-state index in [-0.39, 0.29) is 18.1 Å². The zero-order valence-electron chi connectivity index (χ0n) is 12.4. The monoisotopic (exact) mass is 277 g/mol. The molecule has 0 radical (unpaired) electrons. The second kappa shape index (κ2) is 6.75. The van der Waals surface area contributed by atoms with Gasteiger partial charge < -0.3 is 14.4 Å². The summed E-state index contributed by atoms with van der Waals surface area (Å²) in [6, 6.07) is 9.50. The van der Waals surface area contributed by atoms with Crippen molar-refractivity contribution in [2.75, 3.05) is 13.1 Å². The van der Waals surface area contributed by atoms with Crippen molar-refractivity contribution in [3.8, 4) is 5.75 Å². The van der Waals surface area contributed by atoms with Gasteiger partial charge in [0.25, 0.3) is 5.91 Å². The third-order valence-electron chi connectivity index (χ3n) is 3.40. The number of benzene rings is 1. The van der Waals surface area contributed by atoms with Gasteiger partial charge in [-0.1, -0.05) is 25.1 Å². The van der Waals surface area contributed by atoms with Crippen molar-refractivity contribution < 1.29 is 14.3 Å². The molecule has 110 valence electrons. The summed E-state index contributed by atoms with van der Waals surface area (Å²) in [5.41, 5.74) is 0. The average molecular weight is 277 g/mol. The van der Waals surface area contributed by atoms with Gasteiger partial charge in [-0.15, -0.1) is 0 Å². The van der Waals surface area contributed by atoms with Crippen LogP contribution in [-0.4, -0.2) is 42.2 Å². The third-order valence-corrected chi connectivity index (χ3v) is 3.40. The summed E-state index contributed by atoms with van der Waals surface area (Å²) in [6.07, 6.45) is 0.400. The van der Waals surface area contributed by atoms with Gasteiger partial charge in [0, 0.05) is 13.1 Å². The summed E-state index contributed by atoms with van der Waals surface area (Å²) >= 11 is 0. The molecule has 0 spiro atoms. The van der Waals surface area contributed by atoms with Crippen molar-refractivity contribution in [1.29, 1.82) is 0 Å². The van der Waals surface area contributed by atoms with Crippen LogP contribution in [0.25, 0.3) is 0 Å². The highest BCUT2D eigenvalue weighted by atomic mass is 16.5. The van der Waals surface area contributed by atoms with Crippen LogP contribution in [0.4, 0.5) is 0 Å². The predicted molar refractivity (Wildman–Crippen MR) is 77.7 cm³/mol. The number of carbonyl (C=O) groups excluding carboxylic acids is 1. The summed E-state index contributed by atoms with van der Waals surface area (Å²) in [5.74, 6) is 0.792. The Morgan fingerprint density at radius 3 is 2.45 bits per heavy atom. The maximum Gasteiger partial charge on any atom is 0.263 e. The molecule has 1 amide bonds. The molecule has 0 saturated carbocycles. The Morgan fingerprint density at radius 2 is 1.90 bits per heavy atom. The largest absolute Gasteiger partial charge is 0.481 e. The Kier molecular flexibility index (Phi) is 5.01. The highest BCUT2D eigenvalue weighted by Crippen LogP contribution is 2.17. The highest BCUT2D eigenvalue weighted by molar-refractivity contribution is 5.81. The molecule has 0 bridgehead atoms. The van der Waals surface area contributed by atoms with E-state index in [1.807, 2.05) is 56.0 Å². The van der Waals surface area contributed by atoms with Crippen molar-refractivity contribution in [1.82, 2.24) is 4.90 Å². The number of nitrogens with zero attached hydrogens (tertiary/aromatic N) is 1. The number of rotatable bonds is 4. The number of ether oxygens (including phenoxy) is 2. The molecular weight excluding hydrogens is 254 g/mol. The van der Waals surface area contributed by atoms with Crippen molar-refractivity contribution in [2.45, 2.75) is 45.5 Å². The first kappa shape index (κ1) is 14.9. The number of amides is 1. The van der Waals surface area contributed by atoms with Gasteiger partial charge in [0.2, 0.25) is 0 Å². The van der Waals surface area contributed by atoms with E-state index in [1.165, 1.54) is 0 Å². The van der Waals surface area contributed by atoms with Gasteiger partial charge in [-0.2, -0.15) is 0 Å². The minimum atomic E-state index is -0.421. The number of para-hydroxylation sites is 1. The van der Waals surface area contributed by atoms with Gasteiger partial charge in [-0.3, -0.25) is 4.79 Å². The second-order valence-corrected chi connectivity index (χ2v) is 5.33. The molecule has 1 aliphatic rings. The minimum Gasteiger partial charge on any atom is -0.481 e. The summed E-state index contributed by atoms with van der Waals surface area (Å²) in [6.45, 7) is 7.23. The van der Waals surface area contributed by atoms with E-state index in [9.17, 15) is 4.79 Å². The molecule has 1 fully saturated rings. The first-order chi connectivity index (χ1) is 9.60. The molecule has 1 aromatic rings. The normalized spacial score (nSPS) is 24.2. The molecule has 1 saturated heterocycles. The molecule has 0 N–H and O–H groups in total. The average Bonchev–Trinajstić information content (AvgIpc) is 2.44. The van der Waals surface area contributed by atoms with E-state index in [0.717, 1.165) is 5.75 Å². The lowest BCUT2D eigenvalue weighted by Crippen LogP contribution is -2.52. The maximum absolute atomic E-state index is 12.6. The van der Waals surface area contributed by atoms with Crippen molar-refractivity contribution in [3.05, 3.63) is 30.3 Å². The molecule has 1 heterocycles. The SMILES string of the molecule is CC[C@H](Oc1ccccc1)C(=O)N1C[C@@H](C)O[C@@H](C)C1. The maximum atomic E-state index is 12.6. The molecule has 2 rings (SSSR count). The smallest absolute Gasteiger partial charge is 0.263 e. The van der Waals surface area contributed by atoms with Crippen LogP contribution < -0.4 is 4.74 Å². The van der Waals surface area contributed by atoms with Gasteiger partial charge in [0.1, 0.15) is 5.75 Å². The van der Waals surface area contributed by atoms with E-state index < -0.39 is 6.10 Å². The predicted octanol–water partition coefficient (Wildman–Crippen LogP) is 2.48. The summed E-state index contributed by atoms with van der Waals surface area (Å²) in [5, 5.41) is 0. The first-order valence-corrected chi connectivity index (χ1v) is 7.26. The van der Waals surface area contributed by atoms with E-state index in [4.69, 9.17) is 9.47 Å². The van der Waals surface area contributed by atoms with Crippen LogP contribution in [0.1, 0.15) is 27.2 Å². The Hall–Kier alpha value is -1.55. The summed E-state index contributed by atoms with van der Waals surface area (Å²) < 4.78 is 11.5. The molecule has 0 aliphatic carbocycles. The van der Waals surface area contributed by atoms with Crippen LogP contribution in [-0.2, 0) is 9.53 Å². The quantitative estimate of drug-likeness (QED) is 0.848. The fourth-order valence-corrected chi connectivity index (χ4v) is 2.53. The molecule has 4 heteroatoms. The van der Waals surface area contributed by atoms with Crippen molar-refractivity contribution >= 4 is 5.91 Å². The van der Waals surface area contributed by atoms with Crippen LogP contribution in [0.3, 0.4) is 0 Å². The number of hydrogen-bond donors (Lipinski definition) is 0. The molecule has 1 aromatic carbocycles. The van der Waals surface area contributed by atoms with E-state index in [0.29, 0.717) is 19.5 Å². The third kappa shape index (κ3) is 3.73. The molecule has 3 atom stereocenters. The van der Waals surface area contributed by atoms with E-state index in [2.05, 4.69) is 0 Å². The van der Waals surface area contributed by atoms with E-state index >= 15 is 0 Å². The van der Waals surface area contributed by atoms with Crippen LogP contribution >= 0.6 is 0 Å². The summed E-state index contributed by atoms with van der Waals surface area (Å²) in [4.78, 5) is 14.4. The first-order valence-electron chi connectivity index (χ1n) is 7.26. The number of hydrogen-bond acceptors (Lipinski definition) is 3. The molecule has 20 heavy (non-hydrogen) atoms. The zero-order chi connectivity index (χ0) is 14.5. The fourth-order valence-electron chi connectivity index (χ4n) is 2.53. The molecular formula is C16H23NO3. The van der Waals surface area contributed by atoms with Gasteiger partial charge in [-0.25, -0.2) is 0 Å². The van der Waals surface area contributed by atoms with Crippen LogP contribution in [0.5, 0.6) is 5.75 Å². The highest BCUT2D eigenvalue weighted by Gasteiger charge is 2.30. The standard InChI is InChI=1S/C16H23NO3/c1-4-15(20-14-8-6-5-7-9-14)16(18)17-10-12(2)19-13(3)11-17/h5-9,12-13,15H,4,10-11H2,1-3H3/t12-,13+,15-/m0/s1. The molecule has 1 aliphatic heterocycles. The van der Waals surface area contributed by atoms with Gasteiger partial charge in [0.15, 0.2) is 6.10 Å². The van der Waals surface area contributed by atoms with E-state index in [1.54, 1.807) is 0 Å². The molecule has 4 nitrogen and oxygen atoms in total. The molecule has 0 unspecified atom stereocenters. The fraction of sp³-hybridized carbons (Fsp3) is 0.562. The minimum absolute atomic E-state index is 0.0540. The number of carbonyl (C=O) groups is 1. The van der Waals surface area contributed by atoms with Gasteiger partial charge >= 0.3 is 0 Å². The number of morpholine rings is 1.